The summed E-state index contributed by atoms with van der Waals surface area (Å²) in [6.07, 6.45) is 1.03. The molecule has 1 aromatic heterocycles. The van der Waals surface area contributed by atoms with Crippen LogP contribution in [0.2, 0.25) is 0 Å². The molecular formula is C19H22N4O2S. The summed E-state index contributed by atoms with van der Waals surface area (Å²) in [5, 5.41) is 8.16. The second-order valence-electron chi connectivity index (χ2n) is 6.60. The number of carbonyl (C=O) groups excluding carboxylic acids is 2. The number of nitrogens with one attached hydrogen (secondary N) is 2. The number of para-hydroxylation sites is 2. The van der Waals surface area contributed by atoms with Gasteiger partial charge in [0.05, 0.1) is 24.5 Å². The first-order chi connectivity index (χ1) is 12.7. The third kappa shape index (κ3) is 3.59. The van der Waals surface area contributed by atoms with E-state index in [4.69, 9.17) is 0 Å². The molecule has 2 aromatic rings. The van der Waals surface area contributed by atoms with E-state index in [0.717, 1.165) is 37.4 Å². The van der Waals surface area contributed by atoms with Crippen LogP contribution in [0.5, 0.6) is 0 Å². The molecule has 136 valence electrons. The first kappa shape index (κ1) is 17.1. The summed E-state index contributed by atoms with van der Waals surface area (Å²) in [4.78, 5) is 29.7. The number of amides is 2. The summed E-state index contributed by atoms with van der Waals surface area (Å²) in [5.41, 5.74) is 3.21. The fourth-order valence-electron chi connectivity index (χ4n) is 3.49. The van der Waals surface area contributed by atoms with Crippen LogP contribution in [0.1, 0.15) is 10.4 Å². The van der Waals surface area contributed by atoms with Crippen molar-refractivity contribution in [1.82, 2.24) is 10.2 Å². The molecule has 7 heteroatoms. The summed E-state index contributed by atoms with van der Waals surface area (Å²) in [7, 11) is 0. The van der Waals surface area contributed by atoms with Gasteiger partial charge in [0.15, 0.2) is 0 Å². The average Bonchev–Trinajstić information content (AvgIpc) is 3.12. The van der Waals surface area contributed by atoms with Crippen molar-refractivity contribution in [3.8, 4) is 0 Å². The van der Waals surface area contributed by atoms with Gasteiger partial charge in [0, 0.05) is 31.1 Å². The largest absolute Gasteiger partial charge is 0.365 e. The molecule has 0 unspecified atom stereocenters. The van der Waals surface area contributed by atoms with Gasteiger partial charge >= 0.3 is 0 Å². The van der Waals surface area contributed by atoms with E-state index in [2.05, 4.69) is 27.0 Å². The van der Waals surface area contributed by atoms with Crippen molar-refractivity contribution in [2.24, 2.45) is 0 Å². The van der Waals surface area contributed by atoms with E-state index in [9.17, 15) is 9.59 Å². The van der Waals surface area contributed by atoms with Crippen LogP contribution in [-0.4, -0.2) is 49.4 Å². The van der Waals surface area contributed by atoms with Gasteiger partial charge in [-0.25, -0.2) is 0 Å². The Morgan fingerprint density at radius 2 is 2.12 bits per heavy atom. The normalized spacial score (nSPS) is 17.2. The van der Waals surface area contributed by atoms with Crippen molar-refractivity contribution < 1.29 is 9.59 Å². The monoisotopic (exact) mass is 370 g/mol. The SMILES string of the molecule is O=C(CN1CCNCC1=O)Nc1ccccc1N1CCc2sccc2C1. The minimum absolute atomic E-state index is 0.0271. The fraction of sp³-hybridized carbons (Fsp3) is 0.368. The third-order valence-electron chi connectivity index (χ3n) is 4.85. The Morgan fingerprint density at radius 3 is 3.00 bits per heavy atom. The van der Waals surface area contributed by atoms with Gasteiger partial charge in [-0.3, -0.25) is 9.59 Å². The number of anilines is 2. The van der Waals surface area contributed by atoms with E-state index >= 15 is 0 Å². The Hall–Kier alpha value is -2.38. The number of carbonyl (C=O) groups is 2. The van der Waals surface area contributed by atoms with Crippen molar-refractivity contribution >= 4 is 34.5 Å². The van der Waals surface area contributed by atoms with Crippen LogP contribution >= 0.6 is 11.3 Å². The zero-order valence-electron chi connectivity index (χ0n) is 14.5. The van der Waals surface area contributed by atoms with Crippen molar-refractivity contribution in [3.63, 3.8) is 0 Å². The standard InChI is InChI=1S/C19H22N4O2S/c24-18(13-23-9-7-20-11-19(23)25)21-15-3-1-2-4-16(15)22-8-5-17-14(12-22)6-10-26-17/h1-4,6,10,20H,5,7-9,11-13H2,(H,21,24). The molecule has 2 amide bonds. The third-order valence-corrected chi connectivity index (χ3v) is 5.87. The molecule has 3 heterocycles. The molecule has 0 aliphatic carbocycles. The predicted molar refractivity (Wildman–Crippen MR) is 104 cm³/mol. The summed E-state index contributed by atoms with van der Waals surface area (Å²) in [6, 6.07) is 10.1. The van der Waals surface area contributed by atoms with Crippen molar-refractivity contribution in [1.29, 1.82) is 0 Å². The molecule has 0 radical (unpaired) electrons. The van der Waals surface area contributed by atoms with Crippen LogP contribution < -0.4 is 15.5 Å². The minimum Gasteiger partial charge on any atom is -0.365 e. The molecule has 1 fully saturated rings. The van der Waals surface area contributed by atoms with Gasteiger partial charge in [-0.15, -0.1) is 11.3 Å². The Bertz CT molecular complexity index is 819. The van der Waals surface area contributed by atoms with Crippen molar-refractivity contribution in [2.45, 2.75) is 13.0 Å². The summed E-state index contributed by atoms with van der Waals surface area (Å²) < 4.78 is 0. The molecule has 4 rings (SSSR count). The highest BCUT2D eigenvalue weighted by atomic mass is 32.1. The highest BCUT2D eigenvalue weighted by Crippen LogP contribution is 2.32. The van der Waals surface area contributed by atoms with Gasteiger partial charge in [0.1, 0.15) is 0 Å². The van der Waals surface area contributed by atoms with Crippen LogP contribution in [0.4, 0.5) is 11.4 Å². The highest BCUT2D eigenvalue weighted by molar-refractivity contribution is 7.10. The Kier molecular flexibility index (Phi) is 4.90. The van der Waals surface area contributed by atoms with Gasteiger partial charge < -0.3 is 20.4 Å². The van der Waals surface area contributed by atoms with Gasteiger partial charge in [-0.05, 0) is 35.6 Å². The molecule has 0 bridgehead atoms. The molecule has 0 saturated carbocycles. The molecule has 2 aliphatic heterocycles. The van der Waals surface area contributed by atoms with Crippen LogP contribution in [-0.2, 0) is 22.6 Å². The van der Waals surface area contributed by atoms with E-state index in [1.165, 1.54) is 10.4 Å². The summed E-state index contributed by atoms with van der Waals surface area (Å²) in [6.45, 7) is 3.51. The number of hydrogen-bond donors (Lipinski definition) is 2. The Labute approximate surface area is 156 Å². The molecule has 26 heavy (non-hydrogen) atoms. The van der Waals surface area contributed by atoms with Crippen LogP contribution in [0, 0.1) is 0 Å². The maximum Gasteiger partial charge on any atom is 0.244 e. The maximum absolute atomic E-state index is 12.5. The number of hydrogen-bond acceptors (Lipinski definition) is 5. The average molecular weight is 370 g/mol. The van der Waals surface area contributed by atoms with Gasteiger partial charge in [0.2, 0.25) is 11.8 Å². The van der Waals surface area contributed by atoms with Crippen LogP contribution in [0.25, 0.3) is 0 Å². The zero-order valence-corrected chi connectivity index (χ0v) is 15.3. The van der Waals surface area contributed by atoms with E-state index in [0.29, 0.717) is 13.1 Å². The lowest BCUT2D eigenvalue weighted by Crippen LogP contribution is -2.50. The second kappa shape index (κ2) is 7.47. The zero-order chi connectivity index (χ0) is 17.9. The van der Waals surface area contributed by atoms with E-state index < -0.39 is 0 Å². The molecule has 0 atom stereocenters. The molecule has 1 aromatic carbocycles. The molecule has 0 spiro atoms. The molecule has 2 N–H and O–H groups in total. The van der Waals surface area contributed by atoms with E-state index in [-0.39, 0.29) is 18.4 Å². The van der Waals surface area contributed by atoms with Crippen LogP contribution in [0.15, 0.2) is 35.7 Å². The summed E-state index contributed by atoms with van der Waals surface area (Å²) in [5.74, 6) is -0.179. The predicted octanol–water partition coefficient (Wildman–Crippen LogP) is 1.68. The number of nitrogens with zero attached hydrogens (tertiary/aromatic N) is 2. The van der Waals surface area contributed by atoms with Crippen molar-refractivity contribution in [2.75, 3.05) is 42.9 Å². The molecular weight excluding hydrogens is 348 g/mol. The fourth-order valence-corrected chi connectivity index (χ4v) is 4.38. The second-order valence-corrected chi connectivity index (χ2v) is 7.60. The first-order valence-electron chi connectivity index (χ1n) is 8.88. The van der Waals surface area contributed by atoms with Crippen molar-refractivity contribution in [3.05, 3.63) is 46.2 Å². The maximum atomic E-state index is 12.5. The topological polar surface area (TPSA) is 64.7 Å². The smallest absolute Gasteiger partial charge is 0.244 e. The minimum atomic E-state index is -0.152. The molecule has 2 aliphatic rings. The lowest BCUT2D eigenvalue weighted by Gasteiger charge is -2.31. The van der Waals surface area contributed by atoms with Gasteiger partial charge in [-0.2, -0.15) is 0 Å². The Morgan fingerprint density at radius 1 is 1.23 bits per heavy atom. The first-order valence-corrected chi connectivity index (χ1v) is 9.76. The molecule has 1 saturated heterocycles. The summed E-state index contributed by atoms with van der Waals surface area (Å²) >= 11 is 1.82. The number of thiophene rings is 1. The lowest BCUT2D eigenvalue weighted by atomic mass is 10.1. The number of piperazine rings is 1. The van der Waals surface area contributed by atoms with E-state index in [1.807, 2.05) is 35.6 Å². The quantitative estimate of drug-likeness (QED) is 0.860. The van der Waals surface area contributed by atoms with Crippen LogP contribution in [0.3, 0.4) is 0 Å². The highest BCUT2D eigenvalue weighted by Gasteiger charge is 2.22. The number of rotatable bonds is 4. The van der Waals surface area contributed by atoms with Gasteiger partial charge in [0.25, 0.3) is 0 Å². The van der Waals surface area contributed by atoms with E-state index in [1.54, 1.807) is 4.90 Å². The number of fused-ring (bicyclic) bond motifs is 1. The lowest BCUT2D eigenvalue weighted by molar-refractivity contribution is -0.135. The van der Waals surface area contributed by atoms with Gasteiger partial charge in [-0.1, -0.05) is 12.1 Å². The molecule has 6 nitrogen and oxygen atoms in total. The Balaban J connectivity index is 1.46. The number of benzene rings is 1.